The maximum absolute atomic E-state index is 8.41. The van der Waals surface area contributed by atoms with Crippen LogP contribution in [0, 0.1) is 5.41 Å². The predicted octanol–water partition coefficient (Wildman–Crippen LogP) is 4.35. The van der Waals surface area contributed by atoms with Crippen LogP contribution in [-0.4, -0.2) is 45.6 Å². The third kappa shape index (κ3) is 5.37. The summed E-state index contributed by atoms with van der Waals surface area (Å²) >= 11 is 1.52. The zero-order valence-corrected chi connectivity index (χ0v) is 18.7. The smallest absolute Gasteiger partial charge is 0.211 e. The lowest BCUT2D eigenvalue weighted by atomic mass is 10.0. The van der Waals surface area contributed by atoms with Crippen LogP contribution in [-0.2, 0) is 4.74 Å². The van der Waals surface area contributed by atoms with Gasteiger partial charge in [0.2, 0.25) is 5.13 Å². The molecule has 3 rings (SSSR count). The molecule has 0 radical (unpaired) electrons. The molecule has 9 heteroatoms. The molecule has 3 heterocycles. The van der Waals surface area contributed by atoms with E-state index in [1.807, 2.05) is 32.0 Å². The first-order valence-corrected chi connectivity index (χ1v) is 10.6. The second kappa shape index (κ2) is 9.73. The minimum atomic E-state index is 0.0581. The van der Waals surface area contributed by atoms with Crippen molar-refractivity contribution in [1.82, 2.24) is 25.5 Å². The lowest BCUT2D eigenvalue weighted by Crippen LogP contribution is -2.15. The maximum Gasteiger partial charge on any atom is 0.211 e. The fourth-order valence-corrected chi connectivity index (χ4v) is 3.42. The Bertz CT molecular complexity index is 1060. The number of ether oxygens (including phenoxy) is 1. The summed E-state index contributed by atoms with van der Waals surface area (Å²) in [5, 5.41) is 24.7. The van der Waals surface area contributed by atoms with Crippen molar-refractivity contribution in [3.8, 4) is 0 Å². The lowest BCUT2D eigenvalue weighted by molar-refractivity contribution is 0.111. The Morgan fingerprint density at radius 1 is 1.20 bits per heavy atom. The molecule has 3 aromatic rings. The number of hydrogen-bond donors (Lipinski definition) is 3. The monoisotopic (exact) mass is 425 g/mol. The van der Waals surface area contributed by atoms with E-state index in [4.69, 9.17) is 10.1 Å². The quantitative estimate of drug-likeness (QED) is 0.437. The molecule has 0 spiro atoms. The van der Waals surface area contributed by atoms with Gasteiger partial charge in [0, 0.05) is 36.5 Å². The van der Waals surface area contributed by atoms with Crippen LogP contribution in [0.25, 0.3) is 16.6 Å². The zero-order chi connectivity index (χ0) is 21.7. The topological polar surface area (TPSA) is 109 Å². The number of nitrogens with one attached hydrogen (secondary N) is 3. The van der Waals surface area contributed by atoms with E-state index in [0.717, 1.165) is 27.2 Å². The average molecular weight is 426 g/mol. The summed E-state index contributed by atoms with van der Waals surface area (Å²) in [5.74, 6) is 1.01. The molecule has 3 N–H and O–H groups in total. The molecule has 0 fully saturated rings. The van der Waals surface area contributed by atoms with Crippen LogP contribution in [0.1, 0.15) is 44.2 Å². The highest BCUT2D eigenvalue weighted by Crippen LogP contribution is 2.26. The molecule has 0 aliphatic rings. The molecule has 0 aromatic carbocycles. The summed E-state index contributed by atoms with van der Waals surface area (Å²) in [6.45, 7) is 8.31. The summed E-state index contributed by atoms with van der Waals surface area (Å²) in [5.41, 5.74) is 3.41. The average Bonchev–Trinajstić information content (AvgIpc) is 3.18. The number of rotatable bonds is 9. The Labute approximate surface area is 180 Å². The maximum atomic E-state index is 8.41. The fraction of sp³-hybridized carbons (Fsp3) is 0.381. The minimum absolute atomic E-state index is 0.0581. The lowest BCUT2D eigenvalue weighted by Gasteiger charge is -2.13. The minimum Gasteiger partial charge on any atom is -0.393 e. The highest BCUT2D eigenvalue weighted by Gasteiger charge is 2.13. The van der Waals surface area contributed by atoms with E-state index in [-0.39, 0.29) is 12.7 Å². The molecule has 0 atom stereocenters. The number of anilines is 2. The van der Waals surface area contributed by atoms with Crippen LogP contribution in [0.2, 0.25) is 0 Å². The van der Waals surface area contributed by atoms with Gasteiger partial charge in [-0.3, -0.25) is 4.98 Å². The number of pyridine rings is 2. The summed E-state index contributed by atoms with van der Waals surface area (Å²) < 4.78 is 5.59. The van der Waals surface area contributed by atoms with Crippen LogP contribution < -0.4 is 10.6 Å². The number of hydrogen-bond acceptors (Lipinski definition) is 9. The molecule has 0 bridgehead atoms. The van der Waals surface area contributed by atoms with Gasteiger partial charge >= 0.3 is 0 Å². The molecule has 0 amide bonds. The molecule has 0 aliphatic carbocycles. The molecule has 3 aromatic heterocycles. The van der Waals surface area contributed by atoms with E-state index in [1.54, 1.807) is 19.4 Å². The molecular formula is C21H27N7OS. The molecule has 0 aliphatic heterocycles. The van der Waals surface area contributed by atoms with Gasteiger partial charge in [-0.2, -0.15) is 0 Å². The largest absolute Gasteiger partial charge is 0.393 e. The molecule has 8 nitrogen and oxygen atoms in total. The van der Waals surface area contributed by atoms with E-state index >= 15 is 0 Å². The first-order valence-electron chi connectivity index (χ1n) is 9.81. The van der Waals surface area contributed by atoms with Gasteiger partial charge in [-0.15, -0.1) is 10.2 Å². The van der Waals surface area contributed by atoms with Crippen molar-refractivity contribution in [2.45, 2.75) is 39.7 Å². The van der Waals surface area contributed by atoms with Crippen LogP contribution in [0.15, 0.2) is 30.6 Å². The van der Waals surface area contributed by atoms with Crippen molar-refractivity contribution in [2.75, 3.05) is 19.0 Å². The third-order valence-electron chi connectivity index (χ3n) is 4.19. The van der Waals surface area contributed by atoms with Crippen molar-refractivity contribution in [3.63, 3.8) is 0 Å². The Morgan fingerprint density at radius 3 is 2.67 bits per heavy atom. The standard InChI is InChI=1S/C21H27N7OS/c1-12(2)20-27-28-21(30-20)26-19-7-6-17-18(25-19)8-14(9-24-17)15(10-23-5)16(22)11-29-13(3)4/h6-10,12-13,22-23H,11H2,1-5H3,(H,25,26,28)/b15-10-,22-16?. The Morgan fingerprint density at radius 2 is 2.00 bits per heavy atom. The highest BCUT2D eigenvalue weighted by atomic mass is 32.1. The van der Waals surface area contributed by atoms with E-state index in [9.17, 15) is 0 Å². The summed E-state index contributed by atoms with van der Waals surface area (Å²) in [7, 11) is 1.80. The number of fused-ring (bicyclic) bond motifs is 1. The van der Waals surface area contributed by atoms with Crippen molar-refractivity contribution < 1.29 is 4.74 Å². The van der Waals surface area contributed by atoms with Crippen molar-refractivity contribution in [1.29, 1.82) is 5.41 Å². The van der Waals surface area contributed by atoms with Gasteiger partial charge in [0.05, 0.1) is 29.5 Å². The van der Waals surface area contributed by atoms with E-state index in [1.165, 1.54) is 11.3 Å². The molecule has 30 heavy (non-hydrogen) atoms. The zero-order valence-electron chi connectivity index (χ0n) is 17.9. The second-order valence-corrected chi connectivity index (χ2v) is 8.38. The molecule has 0 unspecified atom stereocenters. The van der Waals surface area contributed by atoms with Crippen LogP contribution in [0.4, 0.5) is 10.9 Å². The number of aromatic nitrogens is 4. The molecular weight excluding hydrogens is 398 g/mol. The van der Waals surface area contributed by atoms with Crippen LogP contribution in [0.3, 0.4) is 0 Å². The molecule has 0 saturated heterocycles. The predicted molar refractivity (Wildman–Crippen MR) is 123 cm³/mol. The normalized spacial score (nSPS) is 12.0. The first kappa shape index (κ1) is 21.8. The molecule has 0 saturated carbocycles. The van der Waals surface area contributed by atoms with Crippen molar-refractivity contribution in [2.24, 2.45) is 0 Å². The SMILES string of the molecule is CN/C=C(\C(=N)COC(C)C)c1cnc2ccc(Nc3nnc(C(C)C)s3)nc2c1. The third-order valence-corrected chi connectivity index (χ3v) is 5.33. The van der Waals surface area contributed by atoms with E-state index in [0.29, 0.717) is 22.6 Å². The number of nitrogens with zero attached hydrogens (tertiary/aromatic N) is 4. The fourth-order valence-electron chi connectivity index (χ4n) is 2.67. The van der Waals surface area contributed by atoms with E-state index < -0.39 is 0 Å². The Balaban J connectivity index is 1.87. The van der Waals surface area contributed by atoms with Gasteiger partial charge in [-0.05, 0) is 32.0 Å². The van der Waals surface area contributed by atoms with Gasteiger partial charge in [0.25, 0.3) is 0 Å². The van der Waals surface area contributed by atoms with Gasteiger partial charge in [-0.1, -0.05) is 25.2 Å². The summed E-state index contributed by atoms with van der Waals surface area (Å²) in [6, 6.07) is 5.71. The van der Waals surface area contributed by atoms with Gasteiger partial charge in [0.15, 0.2) is 0 Å². The van der Waals surface area contributed by atoms with Gasteiger partial charge in [-0.25, -0.2) is 4.98 Å². The first-order chi connectivity index (χ1) is 14.4. The van der Waals surface area contributed by atoms with Crippen molar-refractivity contribution in [3.05, 3.63) is 41.2 Å². The van der Waals surface area contributed by atoms with Crippen molar-refractivity contribution >= 4 is 44.6 Å². The summed E-state index contributed by atoms with van der Waals surface area (Å²) in [6.07, 6.45) is 3.60. The Kier molecular flexibility index (Phi) is 7.07. The second-order valence-electron chi connectivity index (χ2n) is 7.37. The van der Waals surface area contributed by atoms with Gasteiger partial charge < -0.3 is 20.8 Å². The Hall–Kier alpha value is -2.91. The molecule has 158 valence electrons. The van der Waals surface area contributed by atoms with Gasteiger partial charge in [0.1, 0.15) is 10.8 Å². The van der Waals surface area contributed by atoms with E-state index in [2.05, 4.69) is 44.6 Å². The van der Waals surface area contributed by atoms with Crippen LogP contribution in [0.5, 0.6) is 0 Å². The summed E-state index contributed by atoms with van der Waals surface area (Å²) in [4.78, 5) is 9.19. The highest BCUT2D eigenvalue weighted by molar-refractivity contribution is 7.15. The van der Waals surface area contributed by atoms with Crippen LogP contribution >= 0.6 is 11.3 Å².